The molecule has 6 nitrogen and oxygen atoms in total. The summed E-state index contributed by atoms with van der Waals surface area (Å²) in [4.78, 5) is 13.2. The Morgan fingerprint density at radius 1 is 0.967 bits per heavy atom. The first-order valence-electron chi connectivity index (χ1n) is 11.1. The molecule has 170 valence electrons. The summed E-state index contributed by atoms with van der Waals surface area (Å²) in [7, 11) is -2.27. The molecule has 2 aromatic heterocycles. The molecule has 2 rings (SSSR count). The summed E-state index contributed by atoms with van der Waals surface area (Å²) in [6.45, 7) is 20.4. The van der Waals surface area contributed by atoms with Gasteiger partial charge in [-0.15, -0.1) is 0 Å². The molecule has 0 unspecified atom stereocenters. The summed E-state index contributed by atoms with van der Waals surface area (Å²) in [5.41, 5.74) is 1.84. The highest BCUT2D eigenvalue weighted by Gasteiger charge is 2.17. The maximum Gasteiger partial charge on any atom is 0.278 e. The first kappa shape index (κ1) is 25.0. The Bertz CT molecular complexity index is 877. The van der Waals surface area contributed by atoms with Gasteiger partial charge in [-0.05, 0) is 30.0 Å². The largest absolute Gasteiger partial charge is 0.361 e. The second-order valence-corrected chi connectivity index (χ2v) is 22.4. The summed E-state index contributed by atoms with van der Waals surface area (Å²) in [5, 5.41) is 5.13. The predicted octanol–water partition coefficient (Wildman–Crippen LogP) is 5.02. The minimum atomic E-state index is -1.15. The molecule has 0 saturated carbocycles. The molecule has 0 aliphatic heterocycles. The molecular weight excluding hydrogens is 410 g/mol. The van der Waals surface area contributed by atoms with E-state index in [4.69, 9.17) is 9.47 Å². The van der Waals surface area contributed by atoms with E-state index < -0.39 is 16.1 Å². The number of fused-ring (bicyclic) bond motifs is 1. The van der Waals surface area contributed by atoms with Gasteiger partial charge in [-0.1, -0.05) is 53.1 Å². The lowest BCUT2D eigenvalue weighted by molar-refractivity contribution is 0.0752. The molecule has 0 radical (unpaired) electrons. The van der Waals surface area contributed by atoms with E-state index in [-0.39, 0.29) is 12.3 Å². The lowest BCUT2D eigenvalue weighted by Gasteiger charge is -2.16. The number of hydrogen-bond donors (Lipinski definition) is 0. The Hall–Kier alpha value is -1.23. The quantitative estimate of drug-likeness (QED) is 0.336. The summed E-state index contributed by atoms with van der Waals surface area (Å²) in [5.74, 6) is 0.464. The average molecular weight is 452 g/mol. The Balaban J connectivity index is 2.20. The zero-order valence-electron chi connectivity index (χ0n) is 20.2. The average Bonchev–Trinajstić information content (AvgIpc) is 2.93. The van der Waals surface area contributed by atoms with Crippen LogP contribution in [0.1, 0.15) is 19.4 Å². The van der Waals surface area contributed by atoms with Crippen molar-refractivity contribution in [1.82, 2.24) is 14.3 Å². The van der Waals surface area contributed by atoms with Crippen molar-refractivity contribution in [1.29, 1.82) is 0 Å². The molecule has 2 heterocycles. The zero-order valence-corrected chi connectivity index (χ0v) is 22.2. The van der Waals surface area contributed by atoms with Crippen LogP contribution in [0.3, 0.4) is 0 Å². The van der Waals surface area contributed by atoms with Crippen molar-refractivity contribution in [3.05, 3.63) is 28.3 Å². The molecule has 0 bridgehead atoms. The van der Waals surface area contributed by atoms with Gasteiger partial charge in [0, 0.05) is 35.6 Å². The molecule has 30 heavy (non-hydrogen) atoms. The molecule has 8 heteroatoms. The van der Waals surface area contributed by atoms with Crippen molar-refractivity contribution in [2.24, 2.45) is 5.92 Å². The third kappa shape index (κ3) is 7.79. The van der Waals surface area contributed by atoms with Crippen LogP contribution in [-0.4, -0.2) is 43.7 Å². The fraction of sp³-hybridized carbons (Fsp3) is 0.727. The van der Waals surface area contributed by atoms with Gasteiger partial charge >= 0.3 is 0 Å². The van der Waals surface area contributed by atoms with Gasteiger partial charge in [0.15, 0.2) is 0 Å². The first-order chi connectivity index (χ1) is 13.9. The highest BCUT2D eigenvalue weighted by molar-refractivity contribution is 6.76. The van der Waals surface area contributed by atoms with Gasteiger partial charge in [0.05, 0.1) is 17.1 Å². The van der Waals surface area contributed by atoms with Gasteiger partial charge in [0.1, 0.15) is 13.5 Å². The lowest BCUT2D eigenvalue weighted by Crippen LogP contribution is -2.26. The number of nitrogens with zero attached hydrogens (tertiary/aromatic N) is 3. The molecule has 0 aliphatic rings. The Kier molecular flexibility index (Phi) is 8.67. The fourth-order valence-corrected chi connectivity index (χ4v) is 4.70. The molecule has 0 atom stereocenters. The van der Waals surface area contributed by atoms with Crippen LogP contribution in [0.25, 0.3) is 10.9 Å². The molecule has 2 aromatic rings. The van der Waals surface area contributed by atoms with Crippen LogP contribution in [0, 0.1) is 5.92 Å². The number of rotatable bonds is 12. The standard InChI is InChI=1S/C22H41N3O3Si2/c1-18(2)13-19-15-24(16-27-9-11-29(3,4)5)20-14-23-25(22(26)21(19)20)17-28-10-12-30(6,7)8/h14-15,18H,9-13,16-17H2,1-8H3. The van der Waals surface area contributed by atoms with Crippen LogP contribution in [0.15, 0.2) is 17.2 Å². The minimum absolute atomic E-state index is 0.0722. The van der Waals surface area contributed by atoms with Crippen molar-refractivity contribution in [3.63, 3.8) is 0 Å². The fourth-order valence-electron chi connectivity index (χ4n) is 3.19. The van der Waals surface area contributed by atoms with Gasteiger partial charge < -0.3 is 14.0 Å². The SMILES string of the molecule is CC(C)Cc1cn(COCC[Si](C)(C)C)c2cnn(COCC[Si](C)(C)C)c(=O)c12. The van der Waals surface area contributed by atoms with E-state index >= 15 is 0 Å². The Morgan fingerprint density at radius 3 is 2.07 bits per heavy atom. The van der Waals surface area contributed by atoms with Crippen LogP contribution in [0.2, 0.25) is 51.4 Å². The summed E-state index contributed by atoms with van der Waals surface area (Å²) in [6, 6.07) is 2.21. The van der Waals surface area contributed by atoms with E-state index in [0.29, 0.717) is 19.3 Å². The van der Waals surface area contributed by atoms with Gasteiger partial charge in [-0.3, -0.25) is 4.79 Å². The second-order valence-electron chi connectivity index (χ2n) is 11.1. The first-order valence-corrected chi connectivity index (χ1v) is 18.5. The molecular formula is C22H41N3O3Si2. The van der Waals surface area contributed by atoms with Gasteiger partial charge in [-0.2, -0.15) is 5.10 Å². The normalized spacial score (nSPS) is 13.0. The van der Waals surface area contributed by atoms with E-state index in [1.54, 1.807) is 6.20 Å². The predicted molar refractivity (Wildman–Crippen MR) is 131 cm³/mol. The van der Waals surface area contributed by atoms with Crippen molar-refractivity contribution in [2.45, 2.75) is 85.1 Å². The topological polar surface area (TPSA) is 58.3 Å². The van der Waals surface area contributed by atoms with Crippen LogP contribution in [-0.2, 0) is 29.4 Å². The molecule has 0 aromatic carbocycles. The minimum Gasteiger partial charge on any atom is -0.361 e. The van der Waals surface area contributed by atoms with Crippen molar-refractivity contribution < 1.29 is 9.47 Å². The van der Waals surface area contributed by atoms with Gasteiger partial charge in [0.2, 0.25) is 0 Å². The molecule has 0 aliphatic carbocycles. The lowest BCUT2D eigenvalue weighted by atomic mass is 10.0. The Morgan fingerprint density at radius 2 is 1.53 bits per heavy atom. The van der Waals surface area contributed by atoms with Crippen LogP contribution in [0.4, 0.5) is 0 Å². The Labute approximate surface area is 183 Å². The van der Waals surface area contributed by atoms with Crippen molar-refractivity contribution >= 4 is 27.1 Å². The van der Waals surface area contributed by atoms with Gasteiger partial charge in [0.25, 0.3) is 5.56 Å². The third-order valence-corrected chi connectivity index (χ3v) is 8.44. The molecule has 0 spiro atoms. The van der Waals surface area contributed by atoms with Crippen molar-refractivity contribution in [3.8, 4) is 0 Å². The molecule has 0 saturated heterocycles. The molecule has 0 N–H and O–H groups in total. The zero-order chi connectivity index (χ0) is 22.5. The van der Waals surface area contributed by atoms with Crippen LogP contribution in [0.5, 0.6) is 0 Å². The van der Waals surface area contributed by atoms with Gasteiger partial charge in [-0.25, -0.2) is 4.68 Å². The van der Waals surface area contributed by atoms with E-state index in [9.17, 15) is 4.79 Å². The van der Waals surface area contributed by atoms with Crippen LogP contribution < -0.4 is 5.56 Å². The maximum absolute atomic E-state index is 13.2. The van der Waals surface area contributed by atoms with E-state index in [1.165, 1.54) is 4.68 Å². The smallest absolute Gasteiger partial charge is 0.278 e. The number of ether oxygens (including phenoxy) is 2. The highest BCUT2D eigenvalue weighted by atomic mass is 28.3. The van der Waals surface area contributed by atoms with Crippen molar-refractivity contribution in [2.75, 3.05) is 13.2 Å². The number of hydrogen-bond acceptors (Lipinski definition) is 4. The highest BCUT2D eigenvalue weighted by Crippen LogP contribution is 2.21. The second kappa shape index (κ2) is 10.4. The summed E-state index contributed by atoms with van der Waals surface area (Å²) in [6.07, 6.45) is 4.71. The number of aromatic nitrogens is 3. The maximum atomic E-state index is 13.2. The third-order valence-electron chi connectivity index (χ3n) is 5.03. The monoisotopic (exact) mass is 451 g/mol. The van der Waals surface area contributed by atoms with Crippen LogP contribution >= 0.6 is 0 Å². The van der Waals surface area contributed by atoms with E-state index in [1.807, 2.05) is 4.57 Å². The van der Waals surface area contributed by atoms with E-state index in [2.05, 4.69) is 64.4 Å². The summed E-state index contributed by atoms with van der Waals surface area (Å²) < 4.78 is 15.2. The van der Waals surface area contributed by atoms with E-state index in [0.717, 1.165) is 41.6 Å². The molecule has 0 amide bonds. The summed E-state index contributed by atoms with van der Waals surface area (Å²) >= 11 is 0. The molecule has 0 fully saturated rings.